The topological polar surface area (TPSA) is 0 Å². The fourth-order valence-corrected chi connectivity index (χ4v) is 4.23. The van der Waals surface area contributed by atoms with Crippen molar-refractivity contribution in [2.24, 2.45) is 0 Å². The largest absolute Gasteiger partial charge is 0.121 e. The van der Waals surface area contributed by atoms with Crippen LogP contribution in [0.25, 0.3) is 0 Å². The van der Waals surface area contributed by atoms with E-state index in [1.807, 2.05) is 11.8 Å². The first-order valence-corrected chi connectivity index (χ1v) is 8.26. The smallest absolute Gasteiger partial charge is 0.0354 e. The minimum atomic E-state index is 0.341. The Kier molecular flexibility index (Phi) is 3.28. The van der Waals surface area contributed by atoms with Crippen LogP contribution in [-0.2, 0) is 5.75 Å². The molecular weight excluding hydrogens is 272 g/mol. The molecule has 3 aromatic carbocycles. The van der Waals surface area contributed by atoms with Crippen LogP contribution in [0.5, 0.6) is 0 Å². The molecule has 0 amide bonds. The molecule has 102 valence electrons. The van der Waals surface area contributed by atoms with Gasteiger partial charge in [0.1, 0.15) is 0 Å². The highest BCUT2D eigenvalue weighted by Gasteiger charge is 2.24. The first-order chi connectivity index (χ1) is 10.4. The van der Waals surface area contributed by atoms with Crippen molar-refractivity contribution in [3.8, 4) is 0 Å². The second-order valence-corrected chi connectivity index (χ2v) is 6.39. The van der Waals surface area contributed by atoms with Gasteiger partial charge in [0.2, 0.25) is 0 Å². The SMILES string of the molecule is c1ccc([C@H]2c3ccccc3CSc3ccccc32)cc1. The number of hydrogen-bond acceptors (Lipinski definition) is 1. The Hall–Kier alpha value is -1.99. The van der Waals surface area contributed by atoms with Gasteiger partial charge in [-0.05, 0) is 28.3 Å². The Labute approximate surface area is 129 Å². The first-order valence-electron chi connectivity index (χ1n) is 7.28. The van der Waals surface area contributed by atoms with Crippen LogP contribution in [0.1, 0.15) is 28.2 Å². The fourth-order valence-electron chi connectivity index (χ4n) is 3.13. The zero-order chi connectivity index (χ0) is 14.1. The van der Waals surface area contributed by atoms with Gasteiger partial charge in [0.25, 0.3) is 0 Å². The Balaban J connectivity index is 1.99. The molecule has 1 aliphatic rings. The van der Waals surface area contributed by atoms with E-state index in [1.54, 1.807) is 0 Å². The molecule has 0 saturated heterocycles. The third kappa shape index (κ3) is 2.28. The summed E-state index contributed by atoms with van der Waals surface area (Å²) in [5.74, 6) is 1.39. The Morgan fingerprint density at radius 3 is 2.19 bits per heavy atom. The van der Waals surface area contributed by atoms with Gasteiger partial charge in [0.05, 0.1) is 0 Å². The molecule has 0 spiro atoms. The predicted molar refractivity (Wildman–Crippen MR) is 89.8 cm³/mol. The summed E-state index contributed by atoms with van der Waals surface area (Å²) in [5.41, 5.74) is 5.70. The maximum Gasteiger partial charge on any atom is 0.0354 e. The minimum Gasteiger partial charge on any atom is -0.121 e. The van der Waals surface area contributed by atoms with Gasteiger partial charge in [-0.3, -0.25) is 0 Å². The monoisotopic (exact) mass is 288 g/mol. The Bertz CT molecular complexity index is 714. The quantitative estimate of drug-likeness (QED) is 0.572. The molecule has 1 heteroatoms. The molecule has 3 aromatic rings. The van der Waals surface area contributed by atoms with Crippen LogP contribution < -0.4 is 0 Å². The van der Waals surface area contributed by atoms with E-state index in [4.69, 9.17) is 0 Å². The van der Waals surface area contributed by atoms with Gasteiger partial charge in [-0.1, -0.05) is 72.8 Å². The van der Waals surface area contributed by atoms with Gasteiger partial charge in [-0.15, -0.1) is 11.8 Å². The molecule has 1 aliphatic heterocycles. The highest BCUT2D eigenvalue weighted by atomic mass is 32.2. The molecule has 0 nitrogen and oxygen atoms in total. The maximum atomic E-state index is 2.29. The summed E-state index contributed by atoms with van der Waals surface area (Å²) < 4.78 is 0. The molecule has 0 aromatic heterocycles. The molecule has 4 rings (SSSR count). The maximum absolute atomic E-state index is 2.29. The molecule has 0 radical (unpaired) electrons. The van der Waals surface area contributed by atoms with Crippen molar-refractivity contribution in [3.63, 3.8) is 0 Å². The van der Waals surface area contributed by atoms with Crippen LogP contribution >= 0.6 is 11.8 Å². The van der Waals surface area contributed by atoms with Crippen LogP contribution in [-0.4, -0.2) is 0 Å². The standard InChI is InChI=1S/C20H16S/c1-2-8-15(9-3-1)20-17-11-5-4-10-16(17)14-21-19-13-7-6-12-18(19)20/h1-13,20H,14H2/t20-/m0/s1. The summed E-state index contributed by atoms with van der Waals surface area (Å²) >= 11 is 1.95. The minimum absolute atomic E-state index is 0.341. The Morgan fingerprint density at radius 1 is 0.667 bits per heavy atom. The lowest BCUT2D eigenvalue weighted by atomic mass is 9.83. The summed E-state index contributed by atoms with van der Waals surface area (Å²) in [7, 11) is 0. The molecule has 0 saturated carbocycles. The molecule has 0 unspecified atom stereocenters. The zero-order valence-corrected chi connectivity index (χ0v) is 12.5. The van der Waals surface area contributed by atoms with Gasteiger partial charge < -0.3 is 0 Å². The lowest BCUT2D eigenvalue weighted by Gasteiger charge is -2.20. The van der Waals surface area contributed by atoms with Crippen molar-refractivity contribution in [2.45, 2.75) is 16.6 Å². The van der Waals surface area contributed by atoms with Crippen molar-refractivity contribution in [1.29, 1.82) is 0 Å². The van der Waals surface area contributed by atoms with Crippen molar-refractivity contribution >= 4 is 11.8 Å². The number of hydrogen-bond donors (Lipinski definition) is 0. The molecule has 1 atom stereocenters. The van der Waals surface area contributed by atoms with Gasteiger partial charge in [-0.25, -0.2) is 0 Å². The van der Waals surface area contributed by atoms with E-state index in [0.29, 0.717) is 5.92 Å². The molecule has 0 fully saturated rings. The zero-order valence-electron chi connectivity index (χ0n) is 11.7. The van der Waals surface area contributed by atoms with E-state index in [2.05, 4.69) is 78.9 Å². The Morgan fingerprint density at radius 2 is 1.33 bits per heavy atom. The third-order valence-corrected chi connectivity index (χ3v) is 5.25. The molecule has 0 bridgehead atoms. The highest BCUT2D eigenvalue weighted by molar-refractivity contribution is 7.98. The van der Waals surface area contributed by atoms with Crippen molar-refractivity contribution < 1.29 is 0 Å². The normalized spacial score (nSPS) is 16.7. The average molecular weight is 288 g/mol. The van der Waals surface area contributed by atoms with Crippen LogP contribution in [0.4, 0.5) is 0 Å². The number of thioether (sulfide) groups is 1. The van der Waals surface area contributed by atoms with Gasteiger partial charge in [0, 0.05) is 16.6 Å². The number of benzene rings is 3. The predicted octanol–water partition coefficient (Wildman–Crippen LogP) is 5.47. The van der Waals surface area contributed by atoms with Gasteiger partial charge >= 0.3 is 0 Å². The molecule has 21 heavy (non-hydrogen) atoms. The summed E-state index contributed by atoms with van der Waals surface area (Å²) in [4.78, 5) is 1.41. The second-order valence-electron chi connectivity index (χ2n) is 5.37. The molecule has 1 heterocycles. The van der Waals surface area contributed by atoms with Crippen molar-refractivity contribution in [1.82, 2.24) is 0 Å². The molecule has 0 N–H and O–H groups in total. The van der Waals surface area contributed by atoms with Crippen molar-refractivity contribution in [3.05, 3.63) is 101 Å². The van der Waals surface area contributed by atoms with Crippen LogP contribution in [0.3, 0.4) is 0 Å². The summed E-state index contributed by atoms with van der Waals surface area (Å²) in [6.07, 6.45) is 0. The van der Waals surface area contributed by atoms with E-state index < -0.39 is 0 Å². The van der Waals surface area contributed by atoms with E-state index in [-0.39, 0.29) is 0 Å². The summed E-state index contributed by atoms with van der Waals surface area (Å²) in [6, 6.07) is 28.5. The van der Waals surface area contributed by atoms with E-state index in [1.165, 1.54) is 27.1 Å². The second kappa shape index (κ2) is 5.42. The number of fused-ring (bicyclic) bond motifs is 2. The highest BCUT2D eigenvalue weighted by Crippen LogP contribution is 2.43. The van der Waals surface area contributed by atoms with E-state index >= 15 is 0 Å². The number of rotatable bonds is 1. The average Bonchev–Trinajstić information content (AvgIpc) is 2.72. The summed E-state index contributed by atoms with van der Waals surface area (Å²) in [5, 5.41) is 0. The molecule has 0 aliphatic carbocycles. The lowest BCUT2D eigenvalue weighted by Crippen LogP contribution is -2.05. The van der Waals surface area contributed by atoms with Crippen LogP contribution in [0, 0.1) is 0 Å². The summed E-state index contributed by atoms with van der Waals surface area (Å²) in [6.45, 7) is 0. The van der Waals surface area contributed by atoms with Gasteiger partial charge in [0.15, 0.2) is 0 Å². The van der Waals surface area contributed by atoms with Crippen molar-refractivity contribution in [2.75, 3.05) is 0 Å². The first kappa shape index (κ1) is 12.7. The molecular formula is C20H16S. The lowest BCUT2D eigenvalue weighted by molar-refractivity contribution is 0.940. The third-order valence-electron chi connectivity index (χ3n) is 4.11. The van der Waals surface area contributed by atoms with Crippen LogP contribution in [0.2, 0.25) is 0 Å². The van der Waals surface area contributed by atoms with E-state index in [0.717, 1.165) is 5.75 Å². The fraction of sp³-hybridized carbons (Fsp3) is 0.100. The van der Waals surface area contributed by atoms with Gasteiger partial charge in [-0.2, -0.15) is 0 Å². The van der Waals surface area contributed by atoms with Crippen LogP contribution in [0.15, 0.2) is 83.8 Å². The van der Waals surface area contributed by atoms with E-state index in [9.17, 15) is 0 Å².